The van der Waals surface area contributed by atoms with Crippen LogP contribution in [0.25, 0.3) is 0 Å². The van der Waals surface area contributed by atoms with E-state index in [4.69, 9.17) is 0 Å². The van der Waals surface area contributed by atoms with Gasteiger partial charge < -0.3 is 5.32 Å². The van der Waals surface area contributed by atoms with E-state index in [2.05, 4.69) is 67.2 Å². The lowest BCUT2D eigenvalue weighted by molar-refractivity contribution is 0.483. The van der Waals surface area contributed by atoms with Gasteiger partial charge in [0.2, 0.25) is 0 Å². The van der Waals surface area contributed by atoms with E-state index in [1.165, 1.54) is 0 Å². The Hall–Kier alpha value is -0.720. The summed E-state index contributed by atoms with van der Waals surface area (Å²) in [6.07, 6.45) is 5.49. The van der Waals surface area contributed by atoms with Crippen molar-refractivity contribution >= 4 is 31.9 Å². The molecule has 0 aromatic carbocycles. The lowest BCUT2D eigenvalue weighted by Gasteiger charge is -2.21. The average molecular weight is 388 g/mol. The predicted octanol–water partition coefficient (Wildman–Crippen LogP) is 3.69. The van der Waals surface area contributed by atoms with Gasteiger partial charge in [0.1, 0.15) is 0 Å². The normalized spacial score (nSPS) is 12.9. The maximum Gasteiger partial charge on any atom is 0.0772 e. The first-order valence-electron chi connectivity index (χ1n) is 6.05. The van der Waals surface area contributed by atoms with E-state index in [1.807, 2.05) is 24.1 Å². The van der Waals surface area contributed by atoms with Crippen molar-refractivity contribution in [2.24, 2.45) is 0 Å². The van der Waals surface area contributed by atoms with Gasteiger partial charge in [0.05, 0.1) is 22.4 Å². The second kappa shape index (κ2) is 6.15. The number of aromatic nitrogens is 3. The molecule has 0 aliphatic carbocycles. The molecule has 0 bridgehead atoms. The van der Waals surface area contributed by atoms with Crippen LogP contribution < -0.4 is 5.32 Å². The van der Waals surface area contributed by atoms with Gasteiger partial charge in [-0.2, -0.15) is 5.10 Å². The lowest BCUT2D eigenvalue weighted by atomic mass is 10.1. The highest BCUT2D eigenvalue weighted by molar-refractivity contribution is 9.10. The van der Waals surface area contributed by atoms with Crippen LogP contribution in [0, 0.1) is 0 Å². The quantitative estimate of drug-likeness (QED) is 0.869. The molecular formula is C13H16Br2N4. The highest BCUT2D eigenvalue weighted by Gasteiger charge is 2.22. The molecular weight excluding hydrogens is 372 g/mol. The number of nitrogens with one attached hydrogen (secondary N) is 1. The fraction of sp³-hybridized carbons (Fsp3) is 0.385. The van der Waals surface area contributed by atoms with Crippen LogP contribution in [0.15, 0.2) is 33.6 Å². The Morgan fingerprint density at radius 3 is 2.53 bits per heavy atom. The van der Waals surface area contributed by atoms with Crippen molar-refractivity contribution in [3.63, 3.8) is 0 Å². The van der Waals surface area contributed by atoms with Crippen molar-refractivity contribution in [2.45, 2.75) is 25.9 Å². The second-order valence-corrected chi connectivity index (χ2v) is 6.34. The minimum atomic E-state index is 0.0456. The summed E-state index contributed by atoms with van der Waals surface area (Å²) < 4.78 is 3.99. The molecule has 19 heavy (non-hydrogen) atoms. The Kier molecular flexibility index (Phi) is 4.76. The molecule has 0 saturated heterocycles. The van der Waals surface area contributed by atoms with E-state index in [-0.39, 0.29) is 6.04 Å². The van der Waals surface area contributed by atoms with E-state index in [9.17, 15) is 0 Å². The van der Waals surface area contributed by atoms with Gasteiger partial charge in [-0.15, -0.1) is 0 Å². The Morgan fingerprint density at radius 1 is 1.21 bits per heavy atom. The van der Waals surface area contributed by atoms with Crippen LogP contribution in [0.1, 0.15) is 37.2 Å². The third-order valence-electron chi connectivity index (χ3n) is 2.90. The number of hydrogen-bond acceptors (Lipinski definition) is 3. The number of rotatable bonds is 4. The van der Waals surface area contributed by atoms with E-state index in [0.29, 0.717) is 6.04 Å². The van der Waals surface area contributed by atoms with Crippen molar-refractivity contribution in [3.05, 3.63) is 44.9 Å². The van der Waals surface area contributed by atoms with Gasteiger partial charge in [0.25, 0.3) is 0 Å². The molecule has 2 aromatic heterocycles. The summed E-state index contributed by atoms with van der Waals surface area (Å²) in [6, 6.07) is 2.42. The Bertz CT molecular complexity index is 566. The van der Waals surface area contributed by atoms with Crippen molar-refractivity contribution < 1.29 is 0 Å². The Labute approximate surface area is 129 Å². The molecule has 1 N–H and O–H groups in total. The van der Waals surface area contributed by atoms with Gasteiger partial charge in [-0.25, -0.2) is 0 Å². The SMILES string of the molecule is CNC(c1cncc(Br)c1)c1c(Br)cnn1C(C)C. The number of halogens is 2. The fourth-order valence-electron chi connectivity index (χ4n) is 2.08. The number of pyridine rings is 1. The maximum absolute atomic E-state index is 4.43. The van der Waals surface area contributed by atoms with Crippen molar-refractivity contribution in [1.82, 2.24) is 20.1 Å². The molecule has 102 valence electrons. The topological polar surface area (TPSA) is 42.7 Å². The monoisotopic (exact) mass is 386 g/mol. The standard InChI is InChI=1S/C13H16Br2N4/c1-8(2)19-13(11(15)7-18-19)12(16-3)9-4-10(14)6-17-5-9/h4-8,12,16H,1-3H3. The summed E-state index contributed by atoms with van der Waals surface area (Å²) in [7, 11) is 1.94. The summed E-state index contributed by atoms with van der Waals surface area (Å²) in [5.41, 5.74) is 2.21. The van der Waals surface area contributed by atoms with Crippen LogP contribution in [0.5, 0.6) is 0 Å². The van der Waals surface area contributed by atoms with Gasteiger partial charge in [-0.3, -0.25) is 9.67 Å². The van der Waals surface area contributed by atoms with E-state index in [0.717, 1.165) is 20.2 Å². The van der Waals surface area contributed by atoms with E-state index in [1.54, 1.807) is 6.20 Å². The first-order valence-corrected chi connectivity index (χ1v) is 7.63. The molecule has 0 radical (unpaired) electrons. The lowest BCUT2D eigenvalue weighted by Crippen LogP contribution is -2.23. The molecule has 1 atom stereocenters. The fourth-order valence-corrected chi connectivity index (χ4v) is 2.96. The number of nitrogens with zero attached hydrogens (tertiary/aromatic N) is 3. The van der Waals surface area contributed by atoms with Gasteiger partial charge in [0.15, 0.2) is 0 Å². The van der Waals surface area contributed by atoms with Crippen molar-refractivity contribution in [1.29, 1.82) is 0 Å². The molecule has 6 heteroatoms. The molecule has 2 aromatic rings. The summed E-state index contributed by atoms with van der Waals surface area (Å²) in [6.45, 7) is 4.24. The summed E-state index contributed by atoms with van der Waals surface area (Å²) in [5, 5.41) is 7.76. The second-order valence-electron chi connectivity index (χ2n) is 4.57. The molecule has 4 nitrogen and oxygen atoms in total. The van der Waals surface area contributed by atoms with Crippen LogP contribution >= 0.6 is 31.9 Å². The van der Waals surface area contributed by atoms with Gasteiger partial charge in [0, 0.05) is 22.9 Å². The molecule has 0 fully saturated rings. The molecule has 0 spiro atoms. The predicted molar refractivity (Wildman–Crippen MR) is 83.2 cm³/mol. The molecule has 0 amide bonds. The summed E-state index contributed by atoms with van der Waals surface area (Å²) in [5.74, 6) is 0. The number of hydrogen-bond donors (Lipinski definition) is 1. The van der Waals surface area contributed by atoms with E-state index < -0.39 is 0 Å². The van der Waals surface area contributed by atoms with Gasteiger partial charge >= 0.3 is 0 Å². The molecule has 1 unspecified atom stereocenters. The summed E-state index contributed by atoms with van der Waals surface area (Å²) in [4.78, 5) is 4.24. The van der Waals surface area contributed by atoms with Crippen LogP contribution in [-0.2, 0) is 0 Å². The Morgan fingerprint density at radius 2 is 1.95 bits per heavy atom. The molecule has 0 aliphatic heterocycles. The highest BCUT2D eigenvalue weighted by Crippen LogP contribution is 2.30. The van der Waals surface area contributed by atoms with Crippen LogP contribution in [-0.4, -0.2) is 21.8 Å². The van der Waals surface area contributed by atoms with Gasteiger partial charge in [-0.1, -0.05) is 0 Å². The highest BCUT2D eigenvalue weighted by atomic mass is 79.9. The zero-order valence-corrected chi connectivity index (χ0v) is 14.2. The first kappa shape index (κ1) is 14.7. The van der Waals surface area contributed by atoms with Crippen LogP contribution in [0.3, 0.4) is 0 Å². The van der Waals surface area contributed by atoms with E-state index >= 15 is 0 Å². The Balaban J connectivity index is 2.51. The van der Waals surface area contributed by atoms with Crippen molar-refractivity contribution in [2.75, 3.05) is 7.05 Å². The average Bonchev–Trinajstić information content (AvgIpc) is 2.73. The van der Waals surface area contributed by atoms with Crippen LogP contribution in [0.2, 0.25) is 0 Å². The zero-order valence-electron chi connectivity index (χ0n) is 11.1. The smallest absolute Gasteiger partial charge is 0.0772 e. The largest absolute Gasteiger partial charge is 0.308 e. The summed E-state index contributed by atoms with van der Waals surface area (Å²) >= 11 is 7.05. The van der Waals surface area contributed by atoms with Crippen LogP contribution in [0.4, 0.5) is 0 Å². The van der Waals surface area contributed by atoms with Crippen molar-refractivity contribution in [3.8, 4) is 0 Å². The molecule has 0 saturated carbocycles. The zero-order chi connectivity index (χ0) is 14.0. The third kappa shape index (κ3) is 3.07. The molecule has 2 heterocycles. The first-order chi connectivity index (χ1) is 9.04. The third-order valence-corrected chi connectivity index (χ3v) is 3.94. The van der Waals surface area contributed by atoms with Gasteiger partial charge in [-0.05, 0) is 64.4 Å². The minimum Gasteiger partial charge on any atom is -0.308 e. The molecule has 2 rings (SSSR count). The maximum atomic E-state index is 4.43. The minimum absolute atomic E-state index is 0.0456. The molecule has 0 aliphatic rings.